The van der Waals surface area contributed by atoms with Crippen LogP contribution in [0, 0.1) is 11.8 Å². The molecule has 0 saturated heterocycles. The van der Waals surface area contributed by atoms with Crippen LogP contribution in [0.3, 0.4) is 0 Å². The Labute approximate surface area is 85.4 Å². The molecule has 0 spiro atoms. The minimum Gasteiger partial charge on any atom is -0.245 e. The molecule has 1 aromatic carbocycles. The Balaban J connectivity index is 2.48. The third kappa shape index (κ3) is 1.82. The second-order valence-corrected chi connectivity index (χ2v) is 3.62. The molecule has 2 aromatic rings. The summed E-state index contributed by atoms with van der Waals surface area (Å²) in [7, 11) is 0. The van der Waals surface area contributed by atoms with Gasteiger partial charge in [-0.25, -0.2) is 4.98 Å². The number of benzene rings is 1. The molecule has 0 radical (unpaired) electrons. The molecule has 64 valence electrons. The van der Waals surface area contributed by atoms with Crippen molar-refractivity contribution in [2.75, 3.05) is 5.88 Å². The predicted octanol–water partition coefficient (Wildman–Crippen LogP) is 2.89. The molecule has 1 heterocycles. The lowest BCUT2D eigenvalue weighted by atomic mass is 10.2. The van der Waals surface area contributed by atoms with E-state index in [0.29, 0.717) is 5.88 Å². The van der Waals surface area contributed by atoms with Crippen LogP contribution >= 0.6 is 22.9 Å². The first-order valence-corrected chi connectivity index (χ1v) is 5.19. The molecule has 3 heteroatoms. The Kier molecular flexibility index (Phi) is 2.49. The first kappa shape index (κ1) is 8.55. The molecule has 0 bridgehead atoms. The molecule has 0 fully saturated rings. The maximum absolute atomic E-state index is 5.46. The first-order chi connectivity index (χ1) is 6.40. The van der Waals surface area contributed by atoms with E-state index in [1.54, 1.807) is 11.3 Å². The van der Waals surface area contributed by atoms with E-state index in [2.05, 4.69) is 16.8 Å². The van der Waals surface area contributed by atoms with Crippen LogP contribution in [-0.2, 0) is 0 Å². The molecular formula is C10H6ClNS. The lowest BCUT2D eigenvalue weighted by molar-refractivity contribution is 1.49. The van der Waals surface area contributed by atoms with Gasteiger partial charge in [0.25, 0.3) is 0 Å². The van der Waals surface area contributed by atoms with Crippen LogP contribution in [0.5, 0.6) is 0 Å². The van der Waals surface area contributed by atoms with Gasteiger partial charge in [0.05, 0.1) is 21.6 Å². The average Bonchev–Trinajstić information content (AvgIpc) is 2.61. The molecule has 0 amide bonds. The fourth-order valence-corrected chi connectivity index (χ4v) is 1.80. The highest BCUT2D eigenvalue weighted by atomic mass is 35.5. The summed E-state index contributed by atoms with van der Waals surface area (Å²) in [6.45, 7) is 0. The van der Waals surface area contributed by atoms with Gasteiger partial charge in [-0.1, -0.05) is 11.8 Å². The number of fused-ring (bicyclic) bond motifs is 1. The highest BCUT2D eigenvalue weighted by Crippen LogP contribution is 2.18. The van der Waals surface area contributed by atoms with E-state index in [-0.39, 0.29) is 0 Å². The smallest absolute Gasteiger partial charge is 0.0839 e. The van der Waals surface area contributed by atoms with Crippen LogP contribution in [0.4, 0.5) is 0 Å². The van der Waals surface area contributed by atoms with E-state index in [4.69, 9.17) is 11.6 Å². The summed E-state index contributed by atoms with van der Waals surface area (Å²) in [5.41, 5.74) is 3.81. The van der Waals surface area contributed by atoms with Crippen LogP contribution in [0.2, 0.25) is 0 Å². The number of hydrogen-bond acceptors (Lipinski definition) is 2. The van der Waals surface area contributed by atoms with Crippen molar-refractivity contribution in [1.82, 2.24) is 4.98 Å². The molecule has 13 heavy (non-hydrogen) atoms. The van der Waals surface area contributed by atoms with E-state index < -0.39 is 0 Å². The second kappa shape index (κ2) is 3.78. The first-order valence-electron chi connectivity index (χ1n) is 3.78. The van der Waals surface area contributed by atoms with Gasteiger partial charge in [0, 0.05) is 5.56 Å². The van der Waals surface area contributed by atoms with Crippen LogP contribution < -0.4 is 0 Å². The Bertz CT molecular complexity index is 478. The molecule has 0 saturated carbocycles. The minimum absolute atomic E-state index is 0.370. The second-order valence-electron chi connectivity index (χ2n) is 2.47. The topological polar surface area (TPSA) is 12.9 Å². The van der Waals surface area contributed by atoms with Gasteiger partial charge in [0.1, 0.15) is 0 Å². The molecular weight excluding hydrogens is 202 g/mol. The number of aromatic nitrogens is 1. The number of rotatable bonds is 0. The van der Waals surface area contributed by atoms with Gasteiger partial charge in [0.2, 0.25) is 0 Å². The molecule has 2 rings (SSSR count). The Morgan fingerprint density at radius 1 is 1.46 bits per heavy atom. The SMILES string of the molecule is ClCC#Cc1ccc2scnc2c1. The van der Waals surface area contributed by atoms with Crippen molar-refractivity contribution in [3.63, 3.8) is 0 Å². The van der Waals surface area contributed by atoms with E-state index in [1.807, 2.05) is 23.7 Å². The lowest BCUT2D eigenvalue weighted by Crippen LogP contribution is -1.74. The average molecular weight is 208 g/mol. The van der Waals surface area contributed by atoms with Crippen LogP contribution in [-0.4, -0.2) is 10.9 Å². The van der Waals surface area contributed by atoms with E-state index >= 15 is 0 Å². The van der Waals surface area contributed by atoms with Gasteiger partial charge in [-0.3, -0.25) is 0 Å². The van der Waals surface area contributed by atoms with E-state index in [1.165, 1.54) is 4.70 Å². The van der Waals surface area contributed by atoms with E-state index in [0.717, 1.165) is 11.1 Å². The van der Waals surface area contributed by atoms with Crippen molar-refractivity contribution in [2.24, 2.45) is 0 Å². The number of alkyl halides is 1. The Hall–Kier alpha value is -1.04. The molecule has 0 unspecified atom stereocenters. The monoisotopic (exact) mass is 207 g/mol. The van der Waals surface area contributed by atoms with Crippen molar-refractivity contribution in [1.29, 1.82) is 0 Å². The summed E-state index contributed by atoms with van der Waals surface area (Å²) in [5, 5.41) is 0. The zero-order chi connectivity index (χ0) is 9.10. The number of halogens is 1. The van der Waals surface area contributed by atoms with Crippen molar-refractivity contribution in [3.8, 4) is 11.8 Å². The lowest BCUT2D eigenvalue weighted by Gasteiger charge is -1.89. The zero-order valence-electron chi connectivity index (χ0n) is 6.75. The van der Waals surface area contributed by atoms with Gasteiger partial charge in [0.15, 0.2) is 0 Å². The Morgan fingerprint density at radius 2 is 2.38 bits per heavy atom. The summed E-state index contributed by atoms with van der Waals surface area (Å²) < 4.78 is 1.19. The summed E-state index contributed by atoms with van der Waals surface area (Å²) in [5.74, 6) is 6.14. The maximum Gasteiger partial charge on any atom is 0.0839 e. The molecule has 0 aliphatic rings. The van der Waals surface area contributed by atoms with Gasteiger partial charge in [-0.15, -0.1) is 22.9 Å². The van der Waals surface area contributed by atoms with Gasteiger partial charge in [-0.2, -0.15) is 0 Å². The molecule has 0 aliphatic carbocycles. The number of hydrogen-bond donors (Lipinski definition) is 0. The molecule has 1 nitrogen and oxygen atoms in total. The standard InChI is InChI=1S/C10H6ClNS/c11-5-1-2-8-3-4-10-9(6-8)12-7-13-10/h3-4,6-7H,5H2. The van der Waals surface area contributed by atoms with Crippen molar-refractivity contribution in [3.05, 3.63) is 29.3 Å². The summed E-state index contributed by atoms with van der Waals surface area (Å²) in [6, 6.07) is 6.00. The molecule has 0 atom stereocenters. The summed E-state index contributed by atoms with van der Waals surface area (Å²) in [6.07, 6.45) is 0. The number of thiazole rings is 1. The van der Waals surface area contributed by atoms with Crippen molar-refractivity contribution in [2.45, 2.75) is 0 Å². The number of nitrogens with zero attached hydrogens (tertiary/aromatic N) is 1. The maximum atomic E-state index is 5.46. The molecule has 0 aliphatic heterocycles. The third-order valence-electron chi connectivity index (χ3n) is 1.63. The van der Waals surface area contributed by atoms with Gasteiger partial charge >= 0.3 is 0 Å². The highest BCUT2D eigenvalue weighted by Gasteiger charge is 1.95. The van der Waals surface area contributed by atoms with Gasteiger partial charge in [-0.05, 0) is 18.2 Å². The summed E-state index contributed by atoms with van der Waals surface area (Å²) >= 11 is 7.10. The van der Waals surface area contributed by atoms with Crippen molar-refractivity contribution >= 4 is 33.2 Å². The Morgan fingerprint density at radius 3 is 3.23 bits per heavy atom. The van der Waals surface area contributed by atoms with Crippen molar-refractivity contribution < 1.29 is 0 Å². The summed E-state index contributed by atoms with van der Waals surface area (Å²) in [4.78, 5) is 4.21. The van der Waals surface area contributed by atoms with Gasteiger partial charge < -0.3 is 0 Å². The predicted molar refractivity (Wildman–Crippen MR) is 57.2 cm³/mol. The van der Waals surface area contributed by atoms with Crippen LogP contribution in [0.1, 0.15) is 5.56 Å². The fourth-order valence-electron chi connectivity index (χ4n) is 1.07. The van der Waals surface area contributed by atoms with E-state index in [9.17, 15) is 0 Å². The van der Waals surface area contributed by atoms with Crippen LogP contribution in [0.15, 0.2) is 23.7 Å². The molecule has 1 aromatic heterocycles. The fraction of sp³-hybridized carbons (Fsp3) is 0.100. The molecule has 0 N–H and O–H groups in total. The highest BCUT2D eigenvalue weighted by molar-refractivity contribution is 7.16. The zero-order valence-corrected chi connectivity index (χ0v) is 8.32. The third-order valence-corrected chi connectivity index (χ3v) is 2.57. The van der Waals surface area contributed by atoms with Crippen LogP contribution in [0.25, 0.3) is 10.2 Å². The quantitative estimate of drug-likeness (QED) is 0.478. The normalized spacial score (nSPS) is 9.62. The minimum atomic E-state index is 0.370. The largest absolute Gasteiger partial charge is 0.245 e.